The van der Waals surface area contributed by atoms with Gasteiger partial charge in [-0.1, -0.05) is 13.5 Å². The van der Waals surface area contributed by atoms with Crippen molar-refractivity contribution in [3.05, 3.63) is 12.3 Å². The molecule has 0 radical (unpaired) electrons. The summed E-state index contributed by atoms with van der Waals surface area (Å²) >= 11 is 0. The van der Waals surface area contributed by atoms with Crippen molar-refractivity contribution in [2.24, 2.45) is 16.3 Å². The maximum Gasteiger partial charge on any atom is 0.0975 e. The molecule has 0 bridgehead atoms. The maximum absolute atomic E-state index is 5.64. The maximum atomic E-state index is 5.64. The zero-order valence-corrected chi connectivity index (χ0v) is 15.6. The number of aliphatic imine (C=N–C) groups is 1. The monoisotopic (exact) mass is 322 g/mol. The molecule has 1 saturated heterocycles. The minimum atomic E-state index is -0.325. The molecule has 0 aromatic rings. The first kappa shape index (κ1) is 18.6. The highest BCUT2D eigenvalue weighted by Crippen LogP contribution is 2.53. The average molecular weight is 322 g/mol. The number of rotatable bonds is 7. The van der Waals surface area contributed by atoms with Gasteiger partial charge in [0.25, 0.3) is 0 Å². The summed E-state index contributed by atoms with van der Waals surface area (Å²) in [5.41, 5.74) is 1.11. The van der Waals surface area contributed by atoms with Crippen LogP contribution in [-0.4, -0.2) is 56.2 Å². The van der Waals surface area contributed by atoms with Crippen molar-refractivity contribution in [3.63, 3.8) is 0 Å². The van der Waals surface area contributed by atoms with E-state index in [2.05, 4.69) is 30.4 Å². The van der Waals surface area contributed by atoms with E-state index in [0.717, 1.165) is 25.5 Å². The average Bonchev–Trinajstić information content (AvgIpc) is 2.43. The van der Waals surface area contributed by atoms with Crippen LogP contribution < -0.4 is 0 Å². The van der Waals surface area contributed by atoms with E-state index in [-0.39, 0.29) is 5.60 Å². The molecule has 0 unspecified atom stereocenters. The van der Waals surface area contributed by atoms with Gasteiger partial charge in [0.2, 0.25) is 0 Å². The van der Waals surface area contributed by atoms with Gasteiger partial charge in [-0.3, -0.25) is 9.89 Å². The predicted molar refractivity (Wildman–Crippen MR) is 96.0 cm³/mol. The van der Waals surface area contributed by atoms with Gasteiger partial charge in [0.1, 0.15) is 0 Å². The summed E-state index contributed by atoms with van der Waals surface area (Å²) in [6.45, 7) is 15.9. The van der Waals surface area contributed by atoms with E-state index in [1.54, 1.807) is 0 Å². The Morgan fingerprint density at radius 3 is 2.78 bits per heavy atom. The lowest BCUT2D eigenvalue weighted by Crippen LogP contribution is -2.55. The van der Waals surface area contributed by atoms with Crippen molar-refractivity contribution in [1.82, 2.24) is 4.90 Å². The second-order valence-corrected chi connectivity index (χ2v) is 7.93. The van der Waals surface area contributed by atoms with Gasteiger partial charge >= 0.3 is 0 Å². The van der Waals surface area contributed by atoms with Gasteiger partial charge in [-0.25, -0.2) is 0 Å². The molecule has 1 spiro atoms. The first-order chi connectivity index (χ1) is 10.8. The number of hydrogen-bond acceptors (Lipinski definition) is 4. The van der Waals surface area contributed by atoms with Crippen LogP contribution in [0.4, 0.5) is 0 Å². The molecule has 1 aliphatic carbocycles. The van der Waals surface area contributed by atoms with Crippen LogP contribution in [0.2, 0.25) is 0 Å². The van der Waals surface area contributed by atoms with Crippen molar-refractivity contribution in [2.45, 2.75) is 58.6 Å². The zero-order chi connectivity index (χ0) is 17.1. The van der Waals surface area contributed by atoms with Gasteiger partial charge in [-0.15, -0.1) is 0 Å². The Labute approximate surface area is 141 Å². The van der Waals surface area contributed by atoms with Gasteiger partial charge in [0.15, 0.2) is 0 Å². The van der Waals surface area contributed by atoms with Crippen LogP contribution in [0.5, 0.6) is 0 Å². The van der Waals surface area contributed by atoms with Crippen molar-refractivity contribution < 1.29 is 9.47 Å². The van der Waals surface area contributed by atoms with Gasteiger partial charge in [-0.2, -0.15) is 0 Å². The molecule has 0 aromatic heterocycles. The minimum absolute atomic E-state index is 0.325. The van der Waals surface area contributed by atoms with E-state index < -0.39 is 0 Å². The topological polar surface area (TPSA) is 34.1 Å². The Kier molecular flexibility index (Phi) is 6.04. The fraction of sp³-hybridized carbons (Fsp3) is 0.842. The molecule has 0 N–H and O–H groups in total. The molecular weight excluding hydrogens is 288 g/mol. The Morgan fingerprint density at radius 2 is 2.17 bits per heavy atom. The molecule has 1 saturated carbocycles. The summed E-state index contributed by atoms with van der Waals surface area (Å²) < 4.78 is 11.2. The van der Waals surface area contributed by atoms with Crippen molar-refractivity contribution in [2.75, 3.05) is 33.4 Å². The molecule has 2 aliphatic rings. The van der Waals surface area contributed by atoms with Gasteiger partial charge in [0, 0.05) is 44.3 Å². The zero-order valence-electron chi connectivity index (χ0n) is 15.6. The quantitative estimate of drug-likeness (QED) is 0.673. The lowest BCUT2D eigenvalue weighted by atomic mass is 9.56. The Bertz CT molecular complexity index is 439. The van der Waals surface area contributed by atoms with E-state index in [9.17, 15) is 0 Å². The van der Waals surface area contributed by atoms with Crippen LogP contribution in [0.1, 0.15) is 47.0 Å². The molecule has 4 heteroatoms. The fourth-order valence-electron chi connectivity index (χ4n) is 3.87. The third kappa shape index (κ3) is 4.65. The van der Waals surface area contributed by atoms with Crippen molar-refractivity contribution >= 4 is 6.21 Å². The van der Waals surface area contributed by atoms with Gasteiger partial charge < -0.3 is 9.47 Å². The molecule has 1 atom stereocenters. The predicted octanol–water partition coefficient (Wildman–Crippen LogP) is 3.52. The van der Waals surface area contributed by atoms with Crippen molar-refractivity contribution in [3.8, 4) is 0 Å². The smallest absolute Gasteiger partial charge is 0.0975 e. The third-order valence-electron chi connectivity index (χ3n) is 5.57. The highest BCUT2D eigenvalue weighted by Gasteiger charge is 2.50. The lowest BCUT2D eigenvalue weighted by molar-refractivity contribution is -0.110. The van der Waals surface area contributed by atoms with Crippen LogP contribution in [0.25, 0.3) is 0 Å². The van der Waals surface area contributed by atoms with Gasteiger partial charge in [0.05, 0.1) is 5.60 Å². The highest BCUT2D eigenvalue weighted by atomic mass is 16.5. The van der Waals surface area contributed by atoms with E-state index in [1.165, 1.54) is 19.3 Å². The Balaban J connectivity index is 1.78. The summed E-state index contributed by atoms with van der Waals surface area (Å²) in [5.74, 6) is 0.689. The van der Waals surface area contributed by atoms with E-state index in [0.29, 0.717) is 24.0 Å². The van der Waals surface area contributed by atoms with Gasteiger partial charge in [-0.05, 0) is 58.4 Å². The Morgan fingerprint density at radius 1 is 1.48 bits per heavy atom. The molecule has 0 aromatic carbocycles. The lowest BCUT2D eigenvalue weighted by Gasteiger charge is -2.56. The van der Waals surface area contributed by atoms with Crippen LogP contribution >= 0.6 is 0 Å². The summed E-state index contributed by atoms with van der Waals surface area (Å²) in [5, 5.41) is 0. The Hall–Kier alpha value is -0.710. The molecule has 1 aliphatic heterocycles. The first-order valence-corrected chi connectivity index (χ1v) is 8.93. The minimum Gasteiger partial charge on any atom is -0.381 e. The largest absolute Gasteiger partial charge is 0.381 e. The molecule has 2 rings (SSSR count). The molecule has 2 fully saturated rings. The van der Waals surface area contributed by atoms with Crippen LogP contribution in [0, 0.1) is 11.3 Å². The SMILES string of the molecule is C=C(CN(C)C1CC2(CCOC[C@@H]2C)C1)/N=C\C(C)(C)OCC. The normalized spacial score (nSPS) is 31.7. The number of likely N-dealkylation sites (N-methyl/N-ethyl adjacent to an activating group) is 1. The number of ether oxygens (including phenoxy) is 2. The van der Waals surface area contributed by atoms with Crippen LogP contribution in [0.15, 0.2) is 17.3 Å². The number of nitrogens with zero attached hydrogens (tertiary/aromatic N) is 2. The number of hydrogen-bond donors (Lipinski definition) is 0. The molecule has 23 heavy (non-hydrogen) atoms. The summed E-state index contributed by atoms with van der Waals surface area (Å²) in [6, 6.07) is 0.655. The van der Waals surface area contributed by atoms with E-state index in [4.69, 9.17) is 9.47 Å². The molecule has 4 nitrogen and oxygen atoms in total. The van der Waals surface area contributed by atoms with E-state index >= 15 is 0 Å². The summed E-state index contributed by atoms with van der Waals surface area (Å²) in [4.78, 5) is 6.91. The first-order valence-electron chi connectivity index (χ1n) is 8.93. The second kappa shape index (κ2) is 7.45. The fourth-order valence-corrected chi connectivity index (χ4v) is 3.87. The molecular formula is C19H34N2O2. The van der Waals surface area contributed by atoms with E-state index in [1.807, 2.05) is 27.0 Å². The van der Waals surface area contributed by atoms with Crippen LogP contribution in [-0.2, 0) is 9.47 Å². The van der Waals surface area contributed by atoms with Crippen molar-refractivity contribution in [1.29, 1.82) is 0 Å². The molecule has 1 heterocycles. The molecule has 0 amide bonds. The summed E-state index contributed by atoms with van der Waals surface area (Å²) in [7, 11) is 2.19. The second-order valence-electron chi connectivity index (χ2n) is 7.93. The van der Waals surface area contributed by atoms with Crippen LogP contribution in [0.3, 0.4) is 0 Å². The highest BCUT2D eigenvalue weighted by molar-refractivity contribution is 5.68. The summed E-state index contributed by atoms with van der Waals surface area (Å²) in [6.07, 6.45) is 5.67. The molecule has 132 valence electrons. The standard InChI is InChI=1S/C19H34N2O2/c1-7-23-18(4,5)14-20-16(3)12-21(6)17-10-19(11-17)8-9-22-13-15(19)2/h14-15,17H,3,7-13H2,1-2,4-6H3/b20-14-/t15-,17?,19?/m0/s1. The third-order valence-corrected chi connectivity index (χ3v) is 5.57.